The summed E-state index contributed by atoms with van der Waals surface area (Å²) in [6, 6.07) is 0.159. The van der Waals surface area contributed by atoms with Crippen LogP contribution in [0.2, 0.25) is 0 Å². The largest absolute Gasteiger partial charge is 0.338 e. The minimum absolute atomic E-state index is 0.159. The van der Waals surface area contributed by atoms with Crippen molar-refractivity contribution in [3.05, 3.63) is 0 Å². The van der Waals surface area contributed by atoms with Crippen LogP contribution >= 0.6 is 0 Å². The van der Waals surface area contributed by atoms with Crippen LogP contribution in [0.25, 0.3) is 0 Å². The molecule has 2 fully saturated rings. The Morgan fingerprint density at radius 2 is 1.78 bits per heavy atom. The molecule has 104 valence electrons. The Morgan fingerprint density at radius 3 is 2.39 bits per heavy atom. The minimum atomic E-state index is 0.159. The highest BCUT2D eigenvalue weighted by Crippen LogP contribution is 2.27. The lowest BCUT2D eigenvalue weighted by Gasteiger charge is -2.35. The highest BCUT2D eigenvalue weighted by atomic mass is 16.2. The summed E-state index contributed by atoms with van der Waals surface area (Å²) in [6.07, 6.45) is 7.94. The van der Waals surface area contributed by atoms with Gasteiger partial charge in [0.15, 0.2) is 0 Å². The van der Waals surface area contributed by atoms with E-state index in [1.807, 2.05) is 4.90 Å². The number of urea groups is 1. The van der Waals surface area contributed by atoms with E-state index < -0.39 is 0 Å². The average Bonchev–Trinajstić information content (AvgIpc) is 2.80. The van der Waals surface area contributed by atoms with Crippen LogP contribution in [0.4, 0.5) is 4.79 Å². The van der Waals surface area contributed by atoms with Crippen molar-refractivity contribution in [2.75, 3.05) is 19.6 Å². The van der Waals surface area contributed by atoms with Gasteiger partial charge in [0.05, 0.1) is 0 Å². The molecule has 0 aromatic carbocycles. The number of nitrogens with zero attached hydrogens (tertiary/aromatic N) is 1. The van der Waals surface area contributed by atoms with E-state index in [1.54, 1.807) is 0 Å². The lowest BCUT2D eigenvalue weighted by atomic mass is 9.92. The van der Waals surface area contributed by atoms with E-state index in [0.29, 0.717) is 11.8 Å². The van der Waals surface area contributed by atoms with Crippen LogP contribution < -0.4 is 5.32 Å². The van der Waals surface area contributed by atoms with Gasteiger partial charge in [-0.05, 0) is 30.6 Å². The molecular weight excluding hydrogens is 224 g/mol. The Labute approximate surface area is 111 Å². The molecule has 3 nitrogen and oxygen atoms in total. The van der Waals surface area contributed by atoms with Crippen molar-refractivity contribution in [3.8, 4) is 0 Å². The van der Waals surface area contributed by atoms with Gasteiger partial charge in [-0.15, -0.1) is 0 Å². The molecule has 2 aliphatic rings. The van der Waals surface area contributed by atoms with Crippen LogP contribution in [0, 0.1) is 17.8 Å². The third kappa shape index (κ3) is 3.89. The van der Waals surface area contributed by atoms with Gasteiger partial charge in [-0.1, -0.05) is 39.5 Å². The number of likely N-dealkylation sites (tertiary alicyclic amines) is 1. The van der Waals surface area contributed by atoms with Crippen molar-refractivity contribution in [2.45, 2.75) is 52.4 Å². The van der Waals surface area contributed by atoms with E-state index in [-0.39, 0.29) is 6.03 Å². The highest BCUT2D eigenvalue weighted by Gasteiger charge is 2.25. The molecule has 2 atom stereocenters. The molecule has 1 saturated carbocycles. The number of amides is 2. The first-order chi connectivity index (χ1) is 8.65. The molecule has 2 rings (SSSR count). The van der Waals surface area contributed by atoms with E-state index in [2.05, 4.69) is 19.2 Å². The van der Waals surface area contributed by atoms with Gasteiger partial charge in [-0.25, -0.2) is 4.79 Å². The lowest BCUT2D eigenvalue weighted by Crippen LogP contribution is -2.47. The normalized spacial score (nSPS) is 29.6. The molecule has 2 amide bonds. The summed E-state index contributed by atoms with van der Waals surface area (Å²) < 4.78 is 0. The topological polar surface area (TPSA) is 32.3 Å². The molecule has 0 aromatic rings. The second-order valence-corrected chi connectivity index (χ2v) is 6.52. The van der Waals surface area contributed by atoms with Crippen molar-refractivity contribution in [1.82, 2.24) is 10.2 Å². The van der Waals surface area contributed by atoms with Crippen molar-refractivity contribution in [3.63, 3.8) is 0 Å². The van der Waals surface area contributed by atoms with E-state index in [9.17, 15) is 4.79 Å². The van der Waals surface area contributed by atoms with E-state index >= 15 is 0 Å². The molecule has 3 heteroatoms. The minimum Gasteiger partial charge on any atom is -0.338 e. The van der Waals surface area contributed by atoms with Crippen LogP contribution in [0.1, 0.15) is 52.4 Å². The number of carbonyl (C=O) groups excluding carboxylic acids is 1. The summed E-state index contributed by atoms with van der Waals surface area (Å²) in [5.41, 5.74) is 0. The maximum Gasteiger partial charge on any atom is 0.317 e. The lowest BCUT2D eigenvalue weighted by molar-refractivity contribution is 0.146. The van der Waals surface area contributed by atoms with Crippen molar-refractivity contribution in [2.24, 2.45) is 17.8 Å². The Bertz CT molecular complexity index is 264. The third-order valence-corrected chi connectivity index (χ3v) is 4.46. The van der Waals surface area contributed by atoms with Gasteiger partial charge in [-0.2, -0.15) is 0 Å². The van der Waals surface area contributed by atoms with Gasteiger partial charge in [0, 0.05) is 19.6 Å². The fourth-order valence-electron chi connectivity index (χ4n) is 3.62. The van der Waals surface area contributed by atoms with Crippen LogP contribution in [0.3, 0.4) is 0 Å². The molecule has 1 N–H and O–H groups in total. The maximum absolute atomic E-state index is 12.1. The van der Waals surface area contributed by atoms with Crippen LogP contribution in [-0.2, 0) is 0 Å². The number of piperidine rings is 1. The highest BCUT2D eigenvalue weighted by molar-refractivity contribution is 5.74. The first-order valence-electron chi connectivity index (χ1n) is 7.68. The quantitative estimate of drug-likeness (QED) is 0.821. The molecule has 0 spiro atoms. The van der Waals surface area contributed by atoms with Gasteiger partial charge in [0.25, 0.3) is 0 Å². The molecule has 0 radical (unpaired) electrons. The van der Waals surface area contributed by atoms with Crippen molar-refractivity contribution < 1.29 is 4.79 Å². The Balaban J connectivity index is 1.67. The Kier molecular flexibility index (Phi) is 4.90. The van der Waals surface area contributed by atoms with E-state index in [1.165, 1.54) is 38.5 Å². The summed E-state index contributed by atoms with van der Waals surface area (Å²) in [6.45, 7) is 7.21. The molecule has 1 heterocycles. The smallest absolute Gasteiger partial charge is 0.317 e. The van der Waals surface area contributed by atoms with Crippen LogP contribution in [-0.4, -0.2) is 30.6 Å². The summed E-state index contributed by atoms with van der Waals surface area (Å²) in [4.78, 5) is 14.1. The third-order valence-electron chi connectivity index (χ3n) is 4.46. The second-order valence-electron chi connectivity index (χ2n) is 6.52. The zero-order chi connectivity index (χ0) is 13.0. The fourth-order valence-corrected chi connectivity index (χ4v) is 3.62. The molecule has 1 aliphatic carbocycles. The molecule has 18 heavy (non-hydrogen) atoms. The van der Waals surface area contributed by atoms with Gasteiger partial charge in [0.2, 0.25) is 0 Å². The SMILES string of the molecule is CC1CC(C)CN(C(=O)NCCC2CCCC2)C1. The summed E-state index contributed by atoms with van der Waals surface area (Å²) in [7, 11) is 0. The number of nitrogens with one attached hydrogen (secondary N) is 1. The monoisotopic (exact) mass is 252 g/mol. The summed E-state index contributed by atoms with van der Waals surface area (Å²) in [5.74, 6) is 2.16. The van der Waals surface area contributed by atoms with Gasteiger partial charge >= 0.3 is 6.03 Å². The van der Waals surface area contributed by atoms with Crippen molar-refractivity contribution in [1.29, 1.82) is 0 Å². The number of carbonyl (C=O) groups is 1. The fraction of sp³-hybridized carbons (Fsp3) is 0.933. The molecular formula is C15H28N2O. The summed E-state index contributed by atoms with van der Waals surface area (Å²) in [5, 5.41) is 3.11. The van der Waals surface area contributed by atoms with Crippen LogP contribution in [0.15, 0.2) is 0 Å². The Morgan fingerprint density at radius 1 is 1.17 bits per heavy atom. The standard InChI is InChI=1S/C15H28N2O/c1-12-9-13(2)11-17(10-12)15(18)16-8-7-14-5-3-4-6-14/h12-14H,3-11H2,1-2H3,(H,16,18). The zero-order valence-electron chi connectivity index (χ0n) is 12.0. The second kappa shape index (κ2) is 6.44. The first-order valence-corrected chi connectivity index (χ1v) is 7.68. The van der Waals surface area contributed by atoms with E-state index in [0.717, 1.165) is 25.6 Å². The predicted octanol–water partition coefficient (Wildman–Crippen LogP) is 3.25. The number of hydrogen-bond donors (Lipinski definition) is 1. The first kappa shape index (κ1) is 13.7. The summed E-state index contributed by atoms with van der Waals surface area (Å²) >= 11 is 0. The van der Waals surface area contributed by atoms with Gasteiger partial charge < -0.3 is 10.2 Å². The van der Waals surface area contributed by atoms with E-state index in [4.69, 9.17) is 0 Å². The predicted molar refractivity (Wildman–Crippen MR) is 74.5 cm³/mol. The average molecular weight is 252 g/mol. The van der Waals surface area contributed by atoms with Crippen LogP contribution in [0.5, 0.6) is 0 Å². The molecule has 0 bridgehead atoms. The molecule has 1 saturated heterocycles. The number of rotatable bonds is 3. The number of hydrogen-bond acceptors (Lipinski definition) is 1. The molecule has 0 aromatic heterocycles. The van der Waals surface area contributed by atoms with Gasteiger partial charge in [0.1, 0.15) is 0 Å². The van der Waals surface area contributed by atoms with Crippen molar-refractivity contribution >= 4 is 6.03 Å². The Hall–Kier alpha value is -0.730. The maximum atomic E-state index is 12.1. The molecule has 2 unspecified atom stereocenters. The molecule has 1 aliphatic heterocycles. The zero-order valence-corrected chi connectivity index (χ0v) is 12.0. The van der Waals surface area contributed by atoms with Gasteiger partial charge in [-0.3, -0.25) is 0 Å².